The highest BCUT2D eigenvalue weighted by molar-refractivity contribution is 5.91. The van der Waals surface area contributed by atoms with Gasteiger partial charge >= 0.3 is 17.9 Å². The smallest absolute Gasteiger partial charge is 0.338 e. The van der Waals surface area contributed by atoms with Crippen LogP contribution in [0.25, 0.3) is 11.1 Å². The van der Waals surface area contributed by atoms with Crippen molar-refractivity contribution < 1.29 is 28.6 Å². The van der Waals surface area contributed by atoms with Crippen molar-refractivity contribution in [1.29, 1.82) is 0 Å². The molecule has 0 radical (unpaired) electrons. The maximum atomic E-state index is 12.0. The van der Waals surface area contributed by atoms with Crippen LogP contribution in [0.3, 0.4) is 0 Å². The summed E-state index contributed by atoms with van der Waals surface area (Å²) in [6.45, 7) is 15.2. The van der Waals surface area contributed by atoms with Gasteiger partial charge in [0, 0.05) is 16.7 Å². The summed E-state index contributed by atoms with van der Waals surface area (Å²) < 4.78 is 15.8. The summed E-state index contributed by atoms with van der Waals surface area (Å²) in [6, 6.07) is 11.5. The van der Waals surface area contributed by atoms with Gasteiger partial charge in [-0.2, -0.15) is 0 Å². The van der Waals surface area contributed by atoms with Gasteiger partial charge in [0.05, 0.1) is 0 Å². The Kier molecular flexibility index (Phi) is 7.09. The number of carbonyl (C=O) groups excluding carboxylic acids is 3. The lowest BCUT2D eigenvalue weighted by Gasteiger charge is -2.13. The molecule has 154 valence electrons. The number of hydrogen-bond donors (Lipinski definition) is 0. The van der Waals surface area contributed by atoms with Gasteiger partial charge in [-0.25, -0.2) is 14.4 Å². The van der Waals surface area contributed by atoms with Crippen molar-refractivity contribution in [3.8, 4) is 28.4 Å². The van der Waals surface area contributed by atoms with E-state index >= 15 is 0 Å². The third kappa shape index (κ3) is 5.78. The van der Waals surface area contributed by atoms with E-state index in [0.29, 0.717) is 16.9 Å². The van der Waals surface area contributed by atoms with Gasteiger partial charge in [-0.05, 0) is 56.2 Å². The monoisotopic (exact) mass is 406 g/mol. The average molecular weight is 406 g/mol. The lowest BCUT2D eigenvalue weighted by atomic mass is 10.0. The fourth-order valence-electron chi connectivity index (χ4n) is 2.16. The van der Waals surface area contributed by atoms with E-state index in [0.717, 1.165) is 0 Å². The van der Waals surface area contributed by atoms with E-state index in [4.69, 9.17) is 14.2 Å². The van der Waals surface area contributed by atoms with Crippen LogP contribution >= 0.6 is 0 Å². The van der Waals surface area contributed by atoms with Gasteiger partial charge in [0.1, 0.15) is 5.75 Å². The van der Waals surface area contributed by atoms with E-state index in [9.17, 15) is 14.4 Å². The quantitative estimate of drug-likeness (QED) is 0.373. The first-order valence-electron chi connectivity index (χ1n) is 8.96. The average Bonchev–Trinajstić information content (AvgIpc) is 2.69. The van der Waals surface area contributed by atoms with Crippen LogP contribution < -0.4 is 14.2 Å². The summed E-state index contributed by atoms with van der Waals surface area (Å²) in [5, 5.41) is 0. The molecule has 0 N–H and O–H groups in total. The second kappa shape index (κ2) is 9.52. The molecule has 2 rings (SSSR count). The molecule has 0 bridgehead atoms. The predicted molar refractivity (Wildman–Crippen MR) is 113 cm³/mol. The van der Waals surface area contributed by atoms with Crippen LogP contribution in [0, 0.1) is 0 Å². The van der Waals surface area contributed by atoms with Gasteiger partial charge in [0.25, 0.3) is 0 Å². The largest absolute Gasteiger partial charge is 0.423 e. The van der Waals surface area contributed by atoms with Crippen molar-refractivity contribution in [2.45, 2.75) is 20.8 Å². The Balaban J connectivity index is 2.43. The van der Waals surface area contributed by atoms with E-state index in [2.05, 4.69) is 19.7 Å². The van der Waals surface area contributed by atoms with Crippen LogP contribution in [0.5, 0.6) is 17.2 Å². The van der Waals surface area contributed by atoms with Crippen molar-refractivity contribution in [3.63, 3.8) is 0 Å². The molecule has 30 heavy (non-hydrogen) atoms. The van der Waals surface area contributed by atoms with Crippen LogP contribution in [0.1, 0.15) is 20.8 Å². The summed E-state index contributed by atoms with van der Waals surface area (Å²) in [6.07, 6.45) is 0. The molecule has 0 aliphatic carbocycles. The maximum Gasteiger partial charge on any atom is 0.338 e. The zero-order chi connectivity index (χ0) is 22.4. The summed E-state index contributed by atoms with van der Waals surface area (Å²) in [7, 11) is 0. The van der Waals surface area contributed by atoms with Crippen LogP contribution in [-0.4, -0.2) is 17.9 Å². The van der Waals surface area contributed by atoms with Crippen molar-refractivity contribution in [3.05, 3.63) is 78.9 Å². The van der Waals surface area contributed by atoms with E-state index in [1.54, 1.807) is 43.3 Å². The molecule has 0 heterocycles. The standard InChI is InChI=1S/C24H22O6/c1-14(2)22(25)28-19-9-7-8-17(12-19)18-10-11-20(29-23(26)15(3)4)21(13-18)30-24(27)16(5)6/h7-13H,1,3,5H2,2,4,6H3. The lowest BCUT2D eigenvalue weighted by Crippen LogP contribution is -2.12. The zero-order valence-corrected chi connectivity index (χ0v) is 17.1. The molecule has 0 spiro atoms. The number of carbonyl (C=O) groups is 3. The molecular weight excluding hydrogens is 384 g/mol. The topological polar surface area (TPSA) is 78.9 Å². The summed E-state index contributed by atoms with van der Waals surface area (Å²) in [5.74, 6) is -1.41. The van der Waals surface area contributed by atoms with Gasteiger partial charge in [-0.15, -0.1) is 0 Å². The van der Waals surface area contributed by atoms with Crippen LogP contribution in [-0.2, 0) is 14.4 Å². The second-order valence-electron chi connectivity index (χ2n) is 6.70. The van der Waals surface area contributed by atoms with Gasteiger partial charge < -0.3 is 14.2 Å². The number of rotatable bonds is 7. The van der Waals surface area contributed by atoms with Crippen LogP contribution in [0.2, 0.25) is 0 Å². The number of esters is 3. The normalized spacial score (nSPS) is 9.97. The minimum Gasteiger partial charge on any atom is -0.423 e. The first kappa shape index (κ1) is 22.4. The van der Waals surface area contributed by atoms with Crippen molar-refractivity contribution in [2.75, 3.05) is 0 Å². The van der Waals surface area contributed by atoms with E-state index < -0.39 is 17.9 Å². The van der Waals surface area contributed by atoms with Gasteiger partial charge in [0.2, 0.25) is 0 Å². The fourth-order valence-corrected chi connectivity index (χ4v) is 2.16. The number of ether oxygens (including phenoxy) is 3. The third-order valence-corrected chi connectivity index (χ3v) is 3.77. The first-order chi connectivity index (χ1) is 14.1. The zero-order valence-electron chi connectivity index (χ0n) is 17.1. The minimum atomic E-state index is -0.663. The Labute approximate surface area is 175 Å². The molecule has 0 aliphatic rings. The fraction of sp³-hybridized carbons (Fsp3) is 0.125. The van der Waals surface area contributed by atoms with Crippen molar-refractivity contribution in [2.24, 2.45) is 0 Å². The van der Waals surface area contributed by atoms with E-state index in [1.165, 1.54) is 19.9 Å². The molecule has 2 aromatic carbocycles. The van der Waals surface area contributed by atoms with E-state index in [1.807, 2.05) is 0 Å². The molecule has 2 aromatic rings. The minimum absolute atomic E-state index is 0.0411. The Morgan fingerprint density at radius 3 is 1.70 bits per heavy atom. The highest BCUT2D eigenvalue weighted by atomic mass is 16.6. The van der Waals surface area contributed by atoms with Gasteiger partial charge in [0.15, 0.2) is 11.5 Å². The Morgan fingerprint density at radius 1 is 0.633 bits per heavy atom. The number of benzene rings is 2. The molecule has 0 fully saturated rings. The molecule has 0 atom stereocenters. The lowest BCUT2D eigenvalue weighted by molar-refractivity contribution is -0.132. The molecule has 6 nitrogen and oxygen atoms in total. The van der Waals surface area contributed by atoms with Gasteiger partial charge in [-0.3, -0.25) is 0 Å². The molecule has 0 unspecified atom stereocenters. The summed E-state index contributed by atoms with van der Waals surface area (Å²) in [4.78, 5) is 35.7. The van der Waals surface area contributed by atoms with Crippen molar-refractivity contribution >= 4 is 17.9 Å². The highest BCUT2D eigenvalue weighted by Gasteiger charge is 2.16. The molecule has 0 aliphatic heterocycles. The molecule has 0 aromatic heterocycles. The second-order valence-corrected chi connectivity index (χ2v) is 6.70. The SMILES string of the molecule is C=C(C)C(=O)Oc1cccc(-c2ccc(OC(=O)C(=C)C)c(OC(=O)C(=C)C)c2)c1. The van der Waals surface area contributed by atoms with Crippen molar-refractivity contribution in [1.82, 2.24) is 0 Å². The maximum absolute atomic E-state index is 12.0. The third-order valence-electron chi connectivity index (χ3n) is 3.77. The molecule has 6 heteroatoms. The van der Waals surface area contributed by atoms with Crippen LogP contribution in [0.15, 0.2) is 78.9 Å². The Bertz CT molecular complexity index is 1060. The van der Waals surface area contributed by atoms with Crippen LogP contribution in [0.4, 0.5) is 0 Å². The van der Waals surface area contributed by atoms with Gasteiger partial charge in [-0.1, -0.05) is 37.9 Å². The Morgan fingerprint density at radius 2 is 1.13 bits per heavy atom. The molecule has 0 amide bonds. The van der Waals surface area contributed by atoms with E-state index in [-0.39, 0.29) is 28.2 Å². The number of hydrogen-bond acceptors (Lipinski definition) is 6. The predicted octanol–water partition coefficient (Wildman–Crippen LogP) is 4.80. The molecule has 0 saturated carbocycles. The first-order valence-corrected chi connectivity index (χ1v) is 8.96. The Hall–Kier alpha value is -3.93. The highest BCUT2D eigenvalue weighted by Crippen LogP contribution is 2.34. The molecule has 0 saturated heterocycles. The molecular formula is C24H22O6. The summed E-state index contributed by atoms with van der Waals surface area (Å²) in [5.41, 5.74) is 1.99. The summed E-state index contributed by atoms with van der Waals surface area (Å²) >= 11 is 0.